The molecular weight excluding hydrogens is 176 g/mol. The normalized spacial score (nSPS) is 10.4. The van der Waals surface area contributed by atoms with Crippen LogP contribution in [0, 0.1) is 0 Å². The molecule has 3 nitrogen and oxygen atoms in total. The molecule has 0 saturated heterocycles. The molecule has 0 saturated carbocycles. The summed E-state index contributed by atoms with van der Waals surface area (Å²) in [5.74, 6) is 0.364. The van der Waals surface area contributed by atoms with E-state index in [1.807, 2.05) is 18.2 Å². The number of aromatic hydroxyl groups is 1. The number of nitrogens with one attached hydrogen (secondary N) is 2. The van der Waals surface area contributed by atoms with Crippen molar-refractivity contribution in [3.8, 4) is 5.75 Å². The highest BCUT2D eigenvalue weighted by molar-refractivity contribution is 5.31. The van der Waals surface area contributed by atoms with E-state index in [-0.39, 0.29) is 0 Å². The zero-order valence-corrected chi connectivity index (χ0v) is 8.59. The molecule has 0 aliphatic carbocycles. The van der Waals surface area contributed by atoms with Crippen molar-refractivity contribution in [1.82, 2.24) is 10.6 Å². The summed E-state index contributed by atoms with van der Waals surface area (Å²) >= 11 is 0. The van der Waals surface area contributed by atoms with Crippen LogP contribution in [0.25, 0.3) is 0 Å². The highest BCUT2D eigenvalue weighted by Gasteiger charge is 1.97. The molecule has 0 spiro atoms. The average molecular weight is 194 g/mol. The van der Waals surface area contributed by atoms with Gasteiger partial charge in [0, 0.05) is 25.2 Å². The number of hydrogen-bond acceptors (Lipinski definition) is 3. The van der Waals surface area contributed by atoms with Crippen LogP contribution in [-0.2, 0) is 6.54 Å². The van der Waals surface area contributed by atoms with Crippen molar-refractivity contribution in [2.75, 3.05) is 19.6 Å². The van der Waals surface area contributed by atoms with Crippen LogP contribution in [0.2, 0.25) is 0 Å². The second-order valence-electron chi connectivity index (χ2n) is 3.16. The van der Waals surface area contributed by atoms with Crippen LogP contribution >= 0.6 is 0 Å². The first kappa shape index (κ1) is 11.0. The maximum absolute atomic E-state index is 9.46. The van der Waals surface area contributed by atoms with E-state index >= 15 is 0 Å². The summed E-state index contributed by atoms with van der Waals surface area (Å²) in [5.41, 5.74) is 0.948. The number of phenols is 1. The third-order valence-electron chi connectivity index (χ3n) is 2.04. The van der Waals surface area contributed by atoms with E-state index in [1.165, 1.54) is 0 Å². The monoisotopic (exact) mass is 194 g/mol. The third kappa shape index (κ3) is 3.77. The lowest BCUT2D eigenvalue weighted by atomic mass is 10.2. The minimum atomic E-state index is 0.364. The van der Waals surface area contributed by atoms with E-state index in [9.17, 15) is 5.11 Å². The minimum Gasteiger partial charge on any atom is -0.508 e. The summed E-state index contributed by atoms with van der Waals surface area (Å²) in [4.78, 5) is 0. The Hall–Kier alpha value is -1.06. The summed E-state index contributed by atoms with van der Waals surface area (Å²) in [7, 11) is 0. The van der Waals surface area contributed by atoms with Gasteiger partial charge in [0.25, 0.3) is 0 Å². The van der Waals surface area contributed by atoms with E-state index < -0.39 is 0 Å². The first-order chi connectivity index (χ1) is 6.84. The van der Waals surface area contributed by atoms with Crippen LogP contribution in [0.4, 0.5) is 0 Å². The van der Waals surface area contributed by atoms with Gasteiger partial charge in [-0.15, -0.1) is 0 Å². The van der Waals surface area contributed by atoms with Gasteiger partial charge in [-0.1, -0.05) is 25.1 Å². The average Bonchev–Trinajstić information content (AvgIpc) is 2.20. The van der Waals surface area contributed by atoms with Crippen LogP contribution in [0.5, 0.6) is 5.75 Å². The Bertz CT molecular complexity index is 263. The molecule has 3 N–H and O–H groups in total. The molecule has 1 rings (SSSR count). The second kappa shape index (κ2) is 6.40. The summed E-state index contributed by atoms with van der Waals surface area (Å²) in [6.45, 7) is 5.69. The predicted molar refractivity (Wildman–Crippen MR) is 58.4 cm³/mol. The second-order valence-corrected chi connectivity index (χ2v) is 3.16. The van der Waals surface area contributed by atoms with E-state index in [0.29, 0.717) is 5.75 Å². The summed E-state index contributed by atoms with van der Waals surface area (Å²) < 4.78 is 0. The van der Waals surface area contributed by atoms with Gasteiger partial charge in [0.05, 0.1) is 0 Å². The van der Waals surface area contributed by atoms with Gasteiger partial charge >= 0.3 is 0 Å². The largest absolute Gasteiger partial charge is 0.508 e. The molecule has 14 heavy (non-hydrogen) atoms. The number of hydrogen-bond donors (Lipinski definition) is 3. The molecule has 0 aliphatic rings. The predicted octanol–water partition coefficient (Wildman–Crippen LogP) is 1.09. The van der Waals surface area contributed by atoms with Gasteiger partial charge in [-0.3, -0.25) is 0 Å². The Labute approximate surface area is 85.2 Å². The first-order valence-corrected chi connectivity index (χ1v) is 5.03. The van der Waals surface area contributed by atoms with Gasteiger partial charge in [0.1, 0.15) is 5.75 Å². The van der Waals surface area contributed by atoms with Gasteiger partial charge in [0.2, 0.25) is 0 Å². The van der Waals surface area contributed by atoms with Crippen LogP contribution in [0.1, 0.15) is 12.5 Å². The van der Waals surface area contributed by atoms with Crippen molar-refractivity contribution in [3.63, 3.8) is 0 Å². The molecule has 3 heteroatoms. The Morgan fingerprint density at radius 3 is 2.57 bits per heavy atom. The molecule has 78 valence electrons. The molecule has 0 amide bonds. The molecule has 0 aromatic heterocycles. The maximum atomic E-state index is 9.46. The summed E-state index contributed by atoms with van der Waals surface area (Å²) in [6.07, 6.45) is 0. The Morgan fingerprint density at radius 1 is 1.14 bits per heavy atom. The number of likely N-dealkylation sites (N-methyl/N-ethyl adjacent to an activating group) is 1. The molecule has 1 aromatic rings. The number of phenolic OH excluding ortho intramolecular Hbond substituents is 1. The van der Waals surface area contributed by atoms with Gasteiger partial charge < -0.3 is 15.7 Å². The highest BCUT2D eigenvalue weighted by Crippen LogP contribution is 2.14. The van der Waals surface area contributed by atoms with Gasteiger partial charge in [0.15, 0.2) is 0 Å². The van der Waals surface area contributed by atoms with Crippen molar-refractivity contribution in [3.05, 3.63) is 29.8 Å². The molecule has 0 bridgehead atoms. The van der Waals surface area contributed by atoms with Crippen LogP contribution < -0.4 is 10.6 Å². The van der Waals surface area contributed by atoms with E-state index in [2.05, 4.69) is 17.6 Å². The Morgan fingerprint density at radius 2 is 1.86 bits per heavy atom. The molecule has 0 radical (unpaired) electrons. The van der Waals surface area contributed by atoms with Crippen molar-refractivity contribution in [1.29, 1.82) is 0 Å². The lowest BCUT2D eigenvalue weighted by Gasteiger charge is -2.06. The van der Waals surface area contributed by atoms with Gasteiger partial charge in [-0.25, -0.2) is 0 Å². The maximum Gasteiger partial charge on any atom is 0.120 e. The molecule has 0 aliphatic heterocycles. The van der Waals surface area contributed by atoms with Crippen LogP contribution in [0.3, 0.4) is 0 Å². The first-order valence-electron chi connectivity index (χ1n) is 5.03. The molecule has 0 fully saturated rings. The quantitative estimate of drug-likeness (QED) is 0.594. The molecule has 0 atom stereocenters. The standard InChI is InChI=1S/C11H18N2O/c1-2-12-7-8-13-9-10-5-3-4-6-11(10)14/h3-6,12-14H,2,7-9H2,1H3. The summed E-state index contributed by atoms with van der Waals surface area (Å²) in [6, 6.07) is 7.40. The number of benzene rings is 1. The zero-order chi connectivity index (χ0) is 10.2. The lowest BCUT2D eigenvalue weighted by molar-refractivity contribution is 0.464. The van der Waals surface area contributed by atoms with E-state index in [0.717, 1.165) is 31.7 Å². The lowest BCUT2D eigenvalue weighted by Crippen LogP contribution is -2.26. The fourth-order valence-corrected chi connectivity index (χ4v) is 1.24. The smallest absolute Gasteiger partial charge is 0.120 e. The van der Waals surface area contributed by atoms with E-state index in [4.69, 9.17) is 0 Å². The fraction of sp³-hybridized carbons (Fsp3) is 0.455. The van der Waals surface area contributed by atoms with Gasteiger partial charge in [-0.2, -0.15) is 0 Å². The topological polar surface area (TPSA) is 44.3 Å². The SMILES string of the molecule is CCNCCNCc1ccccc1O. The number of para-hydroxylation sites is 1. The molecule has 1 aromatic carbocycles. The van der Waals surface area contributed by atoms with E-state index in [1.54, 1.807) is 6.07 Å². The third-order valence-corrected chi connectivity index (χ3v) is 2.04. The van der Waals surface area contributed by atoms with Crippen molar-refractivity contribution < 1.29 is 5.11 Å². The van der Waals surface area contributed by atoms with Crippen LogP contribution in [-0.4, -0.2) is 24.7 Å². The Balaban J connectivity index is 2.21. The molecule has 0 heterocycles. The molecule has 0 unspecified atom stereocenters. The highest BCUT2D eigenvalue weighted by atomic mass is 16.3. The molecular formula is C11H18N2O. The Kier molecular flexibility index (Phi) is 5.04. The van der Waals surface area contributed by atoms with Crippen LogP contribution in [0.15, 0.2) is 24.3 Å². The summed E-state index contributed by atoms with van der Waals surface area (Å²) in [5, 5.41) is 15.9. The zero-order valence-electron chi connectivity index (χ0n) is 8.59. The van der Waals surface area contributed by atoms with Crippen molar-refractivity contribution in [2.45, 2.75) is 13.5 Å². The number of rotatable bonds is 6. The van der Waals surface area contributed by atoms with Crippen molar-refractivity contribution >= 4 is 0 Å². The van der Waals surface area contributed by atoms with Crippen molar-refractivity contribution in [2.24, 2.45) is 0 Å². The fourth-order valence-electron chi connectivity index (χ4n) is 1.24. The van der Waals surface area contributed by atoms with Gasteiger partial charge in [-0.05, 0) is 12.6 Å². The minimum absolute atomic E-state index is 0.364.